The van der Waals surface area contributed by atoms with Crippen LogP contribution in [0.5, 0.6) is 0 Å². The minimum atomic E-state index is -3.86. The third kappa shape index (κ3) is 4.78. The number of nitrogens with zero attached hydrogens (tertiary/aromatic N) is 2. The van der Waals surface area contributed by atoms with Crippen LogP contribution in [0.1, 0.15) is 35.1 Å². The van der Waals surface area contributed by atoms with Gasteiger partial charge in [-0.2, -0.15) is 0 Å². The molecule has 37 heavy (non-hydrogen) atoms. The molecule has 6 nitrogen and oxygen atoms in total. The summed E-state index contributed by atoms with van der Waals surface area (Å²) in [6, 6.07) is 29.5. The second-order valence-corrected chi connectivity index (χ2v) is 10.9. The van der Waals surface area contributed by atoms with E-state index >= 15 is 0 Å². The average Bonchev–Trinajstić information content (AvgIpc) is 3.26. The molecule has 0 saturated heterocycles. The molecule has 0 aliphatic rings. The molecule has 5 aromatic rings. The Balaban J connectivity index is 1.64. The van der Waals surface area contributed by atoms with E-state index in [1.807, 2.05) is 22.8 Å². The number of imidazole rings is 1. The molecule has 1 amide bonds. The fourth-order valence-corrected chi connectivity index (χ4v) is 5.86. The highest BCUT2D eigenvalue weighted by Gasteiger charge is 2.24. The molecule has 2 N–H and O–H groups in total. The van der Waals surface area contributed by atoms with Crippen LogP contribution in [0.2, 0.25) is 0 Å². The predicted octanol–water partition coefficient (Wildman–Crippen LogP) is 5.64. The van der Waals surface area contributed by atoms with Gasteiger partial charge in [0.05, 0.1) is 20.9 Å². The second kappa shape index (κ2) is 10.0. The summed E-state index contributed by atoms with van der Waals surface area (Å²) < 4.78 is 28.9. The van der Waals surface area contributed by atoms with Gasteiger partial charge in [-0.05, 0) is 47.4 Å². The van der Waals surface area contributed by atoms with Gasteiger partial charge in [0, 0.05) is 13.0 Å². The Kier molecular flexibility index (Phi) is 6.63. The normalized spacial score (nSPS) is 11.6. The number of carbonyl (C=O) groups is 1. The topological polar surface area (TPSA) is 95.1 Å². The predicted molar refractivity (Wildman–Crippen MR) is 145 cm³/mol. The summed E-state index contributed by atoms with van der Waals surface area (Å²) in [4.78, 5) is 17.3. The van der Waals surface area contributed by atoms with Crippen LogP contribution in [0.4, 0.5) is 0 Å². The fraction of sp³-hybridized carbons (Fsp3) is 0.133. The number of carbonyl (C=O) groups excluding carboxylic acids is 1. The zero-order chi connectivity index (χ0) is 26.0. The molecular weight excluding hydrogens is 482 g/mol. The Morgan fingerprint density at radius 3 is 2.08 bits per heavy atom. The van der Waals surface area contributed by atoms with Gasteiger partial charge in [0.25, 0.3) is 5.91 Å². The maximum atomic E-state index is 13.4. The van der Waals surface area contributed by atoms with Crippen LogP contribution >= 0.6 is 0 Å². The summed E-state index contributed by atoms with van der Waals surface area (Å²) in [5.74, 6) is 0.0661. The molecule has 0 fully saturated rings. The fourth-order valence-electron chi connectivity index (χ4n) is 4.53. The molecule has 4 aromatic carbocycles. The number of aromatic nitrogens is 2. The Morgan fingerprint density at radius 2 is 1.46 bits per heavy atom. The zero-order valence-electron chi connectivity index (χ0n) is 20.5. The molecule has 1 aromatic heterocycles. The second-order valence-electron chi connectivity index (χ2n) is 8.95. The van der Waals surface area contributed by atoms with E-state index in [0.29, 0.717) is 24.0 Å². The lowest BCUT2D eigenvalue weighted by Crippen LogP contribution is -2.13. The van der Waals surface area contributed by atoms with Gasteiger partial charge in [-0.3, -0.25) is 4.79 Å². The van der Waals surface area contributed by atoms with Crippen molar-refractivity contribution in [3.63, 3.8) is 0 Å². The molecule has 0 atom stereocenters. The van der Waals surface area contributed by atoms with Crippen molar-refractivity contribution in [2.75, 3.05) is 0 Å². The molecule has 186 valence electrons. The third-order valence-electron chi connectivity index (χ3n) is 6.41. The van der Waals surface area contributed by atoms with E-state index in [0.717, 1.165) is 28.9 Å². The van der Waals surface area contributed by atoms with Crippen molar-refractivity contribution in [3.05, 3.63) is 114 Å². The van der Waals surface area contributed by atoms with Gasteiger partial charge < -0.3 is 10.3 Å². The van der Waals surface area contributed by atoms with Crippen LogP contribution in [-0.2, 0) is 22.8 Å². The average molecular weight is 510 g/mol. The van der Waals surface area contributed by atoms with Gasteiger partial charge >= 0.3 is 0 Å². The molecule has 0 saturated carbocycles. The molecule has 0 radical (unpaired) electrons. The summed E-state index contributed by atoms with van der Waals surface area (Å²) in [6.07, 6.45) is 1.52. The number of aryl methyl sites for hydroxylation is 1. The van der Waals surface area contributed by atoms with Crippen molar-refractivity contribution < 1.29 is 13.2 Å². The highest BCUT2D eigenvalue weighted by molar-refractivity contribution is 7.91. The van der Waals surface area contributed by atoms with E-state index in [4.69, 9.17) is 10.7 Å². The van der Waals surface area contributed by atoms with E-state index in [1.165, 1.54) is 18.2 Å². The van der Waals surface area contributed by atoms with E-state index in [-0.39, 0.29) is 15.4 Å². The smallest absolute Gasteiger partial charge is 0.251 e. The van der Waals surface area contributed by atoms with Crippen molar-refractivity contribution >= 4 is 26.8 Å². The van der Waals surface area contributed by atoms with Gasteiger partial charge in [0.15, 0.2) is 0 Å². The first kappa shape index (κ1) is 24.5. The van der Waals surface area contributed by atoms with Crippen LogP contribution in [0, 0.1) is 0 Å². The quantitative estimate of drug-likeness (QED) is 0.293. The zero-order valence-corrected chi connectivity index (χ0v) is 21.3. The molecular formula is C30H27N3O3S. The number of hydrogen-bond donors (Lipinski definition) is 1. The van der Waals surface area contributed by atoms with E-state index < -0.39 is 15.7 Å². The summed E-state index contributed by atoms with van der Waals surface area (Å²) in [5, 5.41) is 0. The van der Waals surface area contributed by atoms with Gasteiger partial charge in [-0.1, -0.05) is 79.7 Å². The van der Waals surface area contributed by atoms with Crippen molar-refractivity contribution in [1.29, 1.82) is 0 Å². The van der Waals surface area contributed by atoms with Crippen LogP contribution in [0.15, 0.2) is 107 Å². The van der Waals surface area contributed by atoms with Crippen LogP contribution in [0.25, 0.3) is 22.2 Å². The van der Waals surface area contributed by atoms with Crippen LogP contribution in [0.3, 0.4) is 0 Å². The monoisotopic (exact) mass is 509 g/mol. The molecule has 0 bridgehead atoms. The molecule has 7 heteroatoms. The largest absolute Gasteiger partial charge is 0.366 e. The summed E-state index contributed by atoms with van der Waals surface area (Å²) in [5.41, 5.74) is 10.1. The molecule has 5 rings (SSSR count). The van der Waals surface area contributed by atoms with Crippen LogP contribution in [-0.4, -0.2) is 23.9 Å². The number of rotatable bonds is 8. The molecule has 0 unspecified atom stereocenters. The minimum absolute atomic E-state index is 0.0172. The van der Waals surface area contributed by atoms with E-state index in [1.54, 1.807) is 24.3 Å². The Hall–Kier alpha value is -4.23. The Morgan fingerprint density at radius 1 is 0.838 bits per heavy atom. The van der Waals surface area contributed by atoms with Crippen molar-refractivity contribution in [3.8, 4) is 11.1 Å². The molecule has 0 spiro atoms. The first-order chi connectivity index (χ1) is 17.9. The summed E-state index contributed by atoms with van der Waals surface area (Å²) in [6.45, 7) is 2.53. The maximum absolute atomic E-state index is 13.4. The number of nitrogens with two attached hydrogens (primary N) is 1. The standard InChI is InChI=1S/C30H27N3O3S/c1-2-9-28-32-29-26(30(31)34)18-25(37(35,36)24-12-7-4-8-13-24)19-27(29)33(28)20-21-14-16-23(17-15-21)22-10-5-3-6-11-22/h3-8,10-19H,2,9,20H2,1H3,(H2,31,34). The lowest BCUT2D eigenvalue weighted by Gasteiger charge is -2.12. The van der Waals surface area contributed by atoms with Gasteiger partial charge in [-0.15, -0.1) is 0 Å². The molecule has 1 heterocycles. The number of amides is 1. The van der Waals surface area contributed by atoms with E-state index in [2.05, 4.69) is 43.3 Å². The van der Waals surface area contributed by atoms with Crippen molar-refractivity contribution in [2.24, 2.45) is 5.73 Å². The van der Waals surface area contributed by atoms with Gasteiger partial charge in [-0.25, -0.2) is 13.4 Å². The Bertz CT molecular complexity index is 1680. The first-order valence-electron chi connectivity index (χ1n) is 12.2. The number of fused-ring (bicyclic) bond motifs is 1. The third-order valence-corrected chi connectivity index (χ3v) is 8.16. The SMILES string of the molecule is CCCc1nc2c(C(N)=O)cc(S(=O)(=O)c3ccccc3)cc2n1Cc1ccc(-c2ccccc2)cc1. The number of primary amides is 1. The number of hydrogen-bond acceptors (Lipinski definition) is 4. The number of benzene rings is 4. The minimum Gasteiger partial charge on any atom is -0.366 e. The molecule has 0 aliphatic carbocycles. The lowest BCUT2D eigenvalue weighted by atomic mass is 10.0. The van der Waals surface area contributed by atoms with Crippen LogP contribution < -0.4 is 5.73 Å². The Labute approximate surface area is 216 Å². The highest BCUT2D eigenvalue weighted by Crippen LogP contribution is 2.30. The lowest BCUT2D eigenvalue weighted by molar-refractivity contribution is 0.100. The van der Waals surface area contributed by atoms with Gasteiger partial charge in [0.1, 0.15) is 11.3 Å². The van der Waals surface area contributed by atoms with Gasteiger partial charge in [0.2, 0.25) is 9.84 Å². The van der Waals surface area contributed by atoms with E-state index in [9.17, 15) is 13.2 Å². The summed E-state index contributed by atoms with van der Waals surface area (Å²) >= 11 is 0. The van der Waals surface area contributed by atoms with Crippen molar-refractivity contribution in [2.45, 2.75) is 36.1 Å². The van der Waals surface area contributed by atoms with Crippen molar-refractivity contribution in [1.82, 2.24) is 9.55 Å². The summed E-state index contributed by atoms with van der Waals surface area (Å²) in [7, 11) is -3.86. The first-order valence-corrected chi connectivity index (χ1v) is 13.6. The number of sulfone groups is 1. The highest BCUT2D eigenvalue weighted by atomic mass is 32.2. The molecule has 0 aliphatic heterocycles. The maximum Gasteiger partial charge on any atom is 0.251 e.